The molecule has 0 nitrogen and oxygen atoms in total. The molecule has 0 saturated heterocycles. The van der Waals surface area contributed by atoms with E-state index in [-0.39, 0.29) is 0 Å². The largest absolute Gasteiger partial charge is 0.161 e. The lowest BCUT2D eigenvalue weighted by molar-refractivity contribution is 1.36. The van der Waals surface area contributed by atoms with Crippen LogP contribution in [0.1, 0.15) is 11.1 Å². The van der Waals surface area contributed by atoms with Crippen LogP contribution in [0.4, 0.5) is 0 Å². The molecule has 0 heterocycles. The molecule has 0 aromatic heterocycles. The summed E-state index contributed by atoms with van der Waals surface area (Å²) < 4.78 is 0. The maximum absolute atomic E-state index is 2.24. The second-order valence-electron chi connectivity index (χ2n) is 4.18. The van der Waals surface area contributed by atoms with E-state index in [4.69, 9.17) is 0 Å². The summed E-state index contributed by atoms with van der Waals surface area (Å²) >= 11 is 3.76. The molecule has 0 radical (unpaired) electrons. The summed E-state index contributed by atoms with van der Waals surface area (Å²) in [6, 6.07) is 17.5. The summed E-state index contributed by atoms with van der Waals surface area (Å²) in [6.07, 6.45) is 4.31. The van der Waals surface area contributed by atoms with Crippen molar-refractivity contribution in [2.75, 3.05) is 12.5 Å². The minimum Gasteiger partial charge on any atom is -0.161 e. The van der Waals surface area contributed by atoms with Gasteiger partial charge in [-0.05, 0) is 34.8 Å². The van der Waals surface area contributed by atoms with Gasteiger partial charge in [0.05, 0.1) is 0 Å². The number of benzene rings is 2. The summed E-state index contributed by atoms with van der Waals surface area (Å²) in [5.41, 5.74) is 5.63. The third kappa shape index (κ3) is 3.12. The van der Waals surface area contributed by atoms with E-state index < -0.39 is 0 Å². The molecular formula is C16H18S2. The van der Waals surface area contributed by atoms with E-state index in [1.807, 2.05) is 23.5 Å². The number of hydrogen-bond acceptors (Lipinski definition) is 2. The Morgan fingerprint density at radius 2 is 1.06 bits per heavy atom. The van der Waals surface area contributed by atoms with Crippen LogP contribution in [-0.4, -0.2) is 12.5 Å². The predicted molar refractivity (Wildman–Crippen MR) is 86.3 cm³/mol. The molecule has 18 heavy (non-hydrogen) atoms. The molecular weight excluding hydrogens is 256 g/mol. The van der Waals surface area contributed by atoms with E-state index in [1.54, 1.807) is 0 Å². The van der Waals surface area contributed by atoms with Gasteiger partial charge in [-0.25, -0.2) is 0 Å². The highest BCUT2D eigenvalue weighted by atomic mass is 32.2. The SMILES string of the molecule is CSCc1ccccc1-c1ccccc1CSC. The Balaban J connectivity index is 2.47. The van der Waals surface area contributed by atoms with Crippen molar-refractivity contribution in [3.8, 4) is 11.1 Å². The normalized spacial score (nSPS) is 10.6. The third-order valence-electron chi connectivity index (χ3n) is 2.92. The van der Waals surface area contributed by atoms with E-state index >= 15 is 0 Å². The van der Waals surface area contributed by atoms with Crippen molar-refractivity contribution in [3.05, 3.63) is 59.7 Å². The van der Waals surface area contributed by atoms with Crippen LogP contribution >= 0.6 is 23.5 Å². The van der Waals surface area contributed by atoms with Crippen molar-refractivity contribution in [2.45, 2.75) is 11.5 Å². The molecule has 0 bridgehead atoms. The quantitative estimate of drug-likeness (QED) is 0.745. The molecule has 2 aromatic rings. The van der Waals surface area contributed by atoms with Crippen molar-refractivity contribution >= 4 is 23.5 Å². The molecule has 0 saturated carbocycles. The van der Waals surface area contributed by atoms with Crippen LogP contribution in [0.25, 0.3) is 11.1 Å². The third-order valence-corrected chi connectivity index (χ3v) is 4.12. The summed E-state index contributed by atoms with van der Waals surface area (Å²) in [6.45, 7) is 0. The van der Waals surface area contributed by atoms with Gasteiger partial charge in [0, 0.05) is 11.5 Å². The standard InChI is InChI=1S/C16H18S2/c1-17-11-13-7-3-5-9-15(13)16-10-6-4-8-14(16)12-18-2/h3-10H,11-12H2,1-2H3. The van der Waals surface area contributed by atoms with Gasteiger partial charge in [0.2, 0.25) is 0 Å². The van der Waals surface area contributed by atoms with Crippen LogP contribution < -0.4 is 0 Å². The van der Waals surface area contributed by atoms with Crippen LogP contribution in [0.5, 0.6) is 0 Å². The monoisotopic (exact) mass is 274 g/mol. The maximum atomic E-state index is 2.24. The Hall–Kier alpha value is -0.860. The lowest BCUT2D eigenvalue weighted by Crippen LogP contribution is -1.91. The van der Waals surface area contributed by atoms with Crippen molar-refractivity contribution in [3.63, 3.8) is 0 Å². The first-order valence-corrected chi connectivity index (χ1v) is 8.79. The molecule has 94 valence electrons. The maximum Gasteiger partial charge on any atom is 0.0187 e. The molecule has 0 aliphatic heterocycles. The smallest absolute Gasteiger partial charge is 0.0187 e. The molecule has 2 heteroatoms. The molecule has 0 amide bonds. The molecule has 2 aromatic carbocycles. The zero-order valence-electron chi connectivity index (χ0n) is 10.8. The Kier molecular flexibility index (Phi) is 5.21. The van der Waals surface area contributed by atoms with Crippen molar-refractivity contribution in [1.82, 2.24) is 0 Å². The molecule has 0 N–H and O–H groups in total. The Labute approximate surface area is 118 Å². The van der Waals surface area contributed by atoms with Crippen molar-refractivity contribution in [2.24, 2.45) is 0 Å². The lowest BCUT2D eigenvalue weighted by Gasteiger charge is -2.12. The van der Waals surface area contributed by atoms with E-state index in [9.17, 15) is 0 Å². The molecule has 0 aliphatic carbocycles. The van der Waals surface area contributed by atoms with Gasteiger partial charge in [0.25, 0.3) is 0 Å². The van der Waals surface area contributed by atoms with Gasteiger partial charge in [-0.3, -0.25) is 0 Å². The average Bonchev–Trinajstić information content (AvgIpc) is 2.41. The summed E-state index contributed by atoms with van der Waals surface area (Å²) in [5, 5.41) is 0. The number of rotatable bonds is 5. The van der Waals surface area contributed by atoms with Crippen LogP contribution in [0.3, 0.4) is 0 Å². The first-order chi connectivity index (χ1) is 8.86. The van der Waals surface area contributed by atoms with Gasteiger partial charge in [0.1, 0.15) is 0 Å². The highest BCUT2D eigenvalue weighted by Crippen LogP contribution is 2.30. The lowest BCUT2D eigenvalue weighted by atomic mass is 9.97. The molecule has 0 aliphatic rings. The second-order valence-corrected chi connectivity index (χ2v) is 5.91. The zero-order chi connectivity index (χ0) is 12.8. The molecule has 2 rings (SSSR count). The topological polar surface area (TPSA) is 0 Å². The van der Waals surface area contributed by atoms with E-state index in [0.717, 1.165) is 11.5 Å². The van der Waals surface area contributed by atoms with Gasteiger partial charge in [-0.1, -0.05) is 48.5 Å². The fourth-order valence-electron chi connectivity index (χ4n) is 2.13. The molecule has 0 fully saturated rings. The highest BCUT2D eigenvalue weighted by molar-refractivity contribution is 7.98. The second kappa shape index (κ2) is 6.91. The predicted octanol–water partition coefficient (Wildman–Crippen LogP) is 5.08. The van der Waals surface area contributed by atoms with E-state index in [1.165, 1.54) is 22.3 Å². The minimum atomic E-state index is 1.07. The zero-order valence-corrected chi connectivity index (χ0v) is 12.5. The van der Waals surface area contributed by atoms with Gasteiger partial charge >= 0.3 is 0 Å². The molecule has 0 atom stereocenters. The fraction of sp³-hybridized carbons (Fsp3) is 0.250. The van der Waals surface area contributed by atoms with Gasteiger partial charge in [-0.15, -0.1) is 0 Å². The van der Waals surface area contributed by atoms with Crippen LogP contribution in [-0.2, 0) is 11.5 Å². The van der Waals surface area contributed by atoms with Crippen LogP contribution in [0.2, 0.25) is 0 Å². The summed E-state index contributed by atoms with van der Waals surface area (Å²) in [4.78, 5) is 0. The fourth-order valence-corrected chi connectivity index (χ4v) is 3.25. The van der Waals surface area contributed by atoms with Crippen LogP contribution in [0, 0.1) is 0 Å². The molecule has 0 spiro atoms. The van der Waals surface area contributed by atoms with Gasteiger partial charge < -0.3 is 0 Å². The highest BCUT2D eigenvalue weighted by Gasteiger charge is 2.08. The number of hydrogen-bond donors (Lipinski definition) is 0. The van der Waals surface area contributed by atoms with E-state index in [2.05, 4.69) is 61.0 Å². The number of thioether (sulfide) groups is 2. The van der Waals surface area contributed by atoms with Gasteiger partial charge in [0.15, 0.2) is 0 Å². The molecule has 0 unspecified atom stereocenters. The average molecular weight is 274 g/mol. The van der Waals surface area contributed by atoms with Crippen molar-refractivity contribution in [1.29, 1.82) is 0 Å². The summed E-state index contributed by atoms with van der Waals surface area (Å²) in [7, 11) is 0. The van der Waals surface area contributed by atoms with Gasteiger partial charge in [-0.2, -0.15) is 23.5 Å². The first-order valence-electron chi connectivity index (χ1n) is 6.01. The first kappa shape index (κ1) is 13.6. The Bertz CT molecular complexity index is 458. The summed E-state index contributed by atoms with van der Waals surface area (Å²) in [5.74, 6) is 2.15. The van der Waals surface area contributed by atoms with Crippen LogP contribution in [0.15, 0.2) is 48.5 Å². The van der Waals surface area contributed by atoms with E-state index in [0.29, 0.717) is 0 Å². The van der Waals surface area contributed by atoms with Crippen molar-refractivity contribution < 1.29 is 0 Å². The Morgan fingerprint density at radius 3 is 1.44 bits per heavy atom. The Morgan fingerprint density at radius 1 is 0.667 bits per heavy atom. The minimum absolute atomic E-state index is 1.07.